The van der Waals surface area contributed by atoms with Crippen LogP contribution in [0.4, 0.5) is 5.69 Å². The van der Waals surface area contributed by atoms with Crippen molar-refractivity contribution in [3.05, 3.63) is 28.2 Å². The number of carbonyl (C=O) groups excluding carboxylic acids is 2. The van der Waals surface area contributed by atoms with Crippen molar-refractivity contribution in [2.75, 3.05) is 38.0 Å². The zero-order valence-electron chi connectivity index (χ0n) is 11.5. The Morgan fingerprint density at radius 2 is 1.81 bits per heavy atom. The first kappa shape index (κ1) is 15.9. The van der Waals surface area contributed by atoms with Crippen LogP contribution in [0.25, 0.3) is 0 Å². The predicted molar refractivity (Wildman–Crippen MR) is 83.8 cm³/mol. The number of benzene rings is 1. The summed E-state index contributed by atoms with van der Waals surface area (Å²) in [6, 6.07) is 5.26. The third-order valence-corrected chi connectivity index (χ3v) is 4.05. The molecule has 114 valence electrons. The lowest BCUT2D eigenvalue weighted by molar-refractivity contribution is -0.134. The number of hydrogen-bond donors (Lipinski definition) is 1. The van der Waals surface area contributed by atoms with Gasteiger partial charge in [-0.3, -0.25) is 9.59 Å². The zero-order chi connectivity index (χ0) is 15.2. The van der Waals surface area contributed by atoms with Crippen LogP contribution in [0.1, 0.15) is 6.42 Å². The van der Waals surface area contributed by atoms with Gasteiger partial charge in [-0.2, -0.15) is 0 Å². The summed E-state index contributed by atoms with van der Waals surface area (Å²) in [6.45, 7) is 2.84. The number of nitrogens with one attached hydrogen (secondary N) is 1. The Bertz CT molecular complexity index is 497. The van der Waals surface area contributed by atoms with Gasteiger partial charge in [-0.25, -0.2) is 0 Å². The van der Waals surface area contributed by atoms with Crippen molar-refractivity contribution in [3.8, 4) is 0 Å². The minimum atomic E-state index is 0.0659. The molecule has 1 heterocycles. The Kier molecular flexibility index (Phi) is 5.70. The minimum Gasteiger partial charge on any atom is -0.382 e. The van der Waals surface area contributed by atoms with Gasteiger partial charge in [-0.05, 0) is 12.1 Å². The van der Waals surface area contributed by atoms with Gasteiger partial charge in [-0.15, -0.1) is 0 Å². The molecule has 1 N–H and O–H groups in total. The normalized spacial score (nSPS) is 15.0. The molecule has 0 radical (unpaired) electrons. The van der Waals surface area contributed by atoms with Crippen LogP contribution in [0.3, 0.4) is 0 Å². The van der Waals surface area contributed by atoms with E-state index in [9.17, 15) is 9.59 Å². The number of anilines is 1. The van der Waals surface area contributed by atoms with Gasteiger partial charge < -0.3 is 15.1 Å². The molecule has 1 aromatic rings. The maximum absolute atomic E-state index is 12.1. The Hall–Kier alpha value is -1.46. The highest BCUT2D eigenvalue weighted by molar-refractivity contribution is 6.39. The molecule has 0 spiro atoms. The first-order chi connectivity index (χ1) is 10.1. The number of amides is 2. The zero-order valence-corrected chi connectivity index (χ0v) is 13.0. The van der Waals surface area contributed by atoms with E-state index in [0.29, 0.717) is 54.9 Å². The lowest BCUT2D eigenvalue weighted by Crippen LogP contribution is -2.48. The van der Waals surface area contributed by atoms with Crippen molar-refractivity contribution in [1.82, 2.24) is 9.80 Å². The molecule has 2 rings (SSSR count). The summed E-state index contributed by atoms with van der Waals surface area (Å²) < 4.78 is 0. The molecule has 1 aliphatic rings. The van der Waals surface area contributed by atoms with Crippen LogP contribution in [0.2, 0.25) is 10.0 Å². The first-order valence-electron chi connectivity index (χ1n) is 6.77. The minimum absolute atomic E-state index is 0.0659. The van der Waals surface area contributed by atoms with Crippen molar-refractivity contribution >= 4 is 41.2 Å². The summed E-state index contributed by atoms with van der Waals surface area (Å²) in [5.74, 6) is 0.0659. The smallest absolute Gasteiger partial charge is 0.224 e. The molecule has 0 aromatic heterocycles. The molecule has 5 nitrogen and oxygen atoms in total. The lowest BCUT2D eigenvalue weighted by atomic mass is 10.2. The van der Waals surface area contributed by atoms with Gasteiger partial charge in [0.05, 0.1) is 15.7 Å². The van der Waals surface area contributed by atoms with E-state index in [1.54, 1.807) is 28.0 Å². The van der Waals surface area contributed by atoms with E-state index in [4.69, 9.17) is 23.2 Å². The number of para-hydroxylation sites is 1. The molecular formula is C14H17Cl2N3O2. The van der Waals surface area contributed by atoms with Gasteiger partial charge in [0.25, 0.3) is 0 Å². The molecule has 1 aromatic carbocycles. The largest absolute Gasteiger partial charge is 0.382 e. The van der Waals surface area contributed by atoms with Gasteiger partial charge in [0.15, 0.2) is 0 Å². The van der Waals surface area contributed by atoms with Crippen molar-refractivity contribution in [2.45, 2.75) is 6.42 Å². The molecule has 1 saturated heterocycles. The first-order valence-corrected chi connectivity index (χ1v) is 7.52. The molecule has 0 unspecified atom stereocenters. The van der Waals surface area contributed by atoms with Crippen molar-refractivity contribution in [3.63, 3.8) is 0 Å². The predicted octanol–water partition coefficient (Wildman–Crippen LogP) is 2.10. The molecule has 7 heteroatoms. The number of piperazine rings is 1. The number of hydrogen-bond acceptors (Lipinski definition) is 3. The molecule has 2 amide bonds. The summed E-state index contributed by atoms with van der Waals surface area (Å²) in [5, 5.41) is 4.17. The van der Waals surface area contributed by atoms with E-state index in [2.05, 4.69) is 5.32 Å². The average Bonchev–Trinajstić information content (AvgIpc) is 2.50. The molecule has 1 fully saturated rings. The van der Waals surface area contributed by atoms with Crippen LogP contribution >= 0.6 is 23.2 Å². The van der Waals surface area contributed by atoms with Gasteiger partial charge in [0.1, 0.15) is 0 Å². The molecule has 0 atom stereocenters. The Balaban J connectivity index is 1.78. The molecule has 1 aliphatic heterocycles. The maximum atomic E-state index is 12.1. The third-order valence-electron chi connectivity index (χ3n) is 3.42. The van der Waals surface area contributed by atoms with E-state index >= 15 is 0 Å². The van der Waals surface area contributed by atoms with Gasteiger partial charge >= 0.3 is 0 Å². The fourth-order valence-corrected chi connectivity index (χ4v) is 2.73. The second-order valence-corrected chi connectivity index (χ2v) is 5.61. The summed E-state index contributed by atoms with van der Waals surface area (Å²) in [7, 11) is 0. The quantitative estimate of drug-likeness (QED) is 0.841. The van der Waals surface area contributed by atoms with E-state index in [1.807, 2.05) is 0 Å². The van der Waals surface area contributed by atoms with Crippen LogP contribution in [-0.4, -0.2) is 54.8 Å². The highest BCUT2D eigenvalue weighted by Crippen LogP contribution is 2.29. The second-order valence-electron chi connectivity index (χ2n) is 4.80. The maximum Gasteiger partial charge on any atom is 0.224 e. The van der Waals surface area contributed by atoms with Gasteiger partial charge in [0, 0.05) is 39.1 Å². The molecule has 0 bridgehead atoms. The van der Waals surface area contributed by atoms with Crippen molar-refractivity contribution in [1.29, 1.82) is 0 Å². The third kappa shape index (κ3) is 4.25. The summed E-state index contributed by atoms with van der Waals surface area (Å²) in [6.07, 6.45) is 1.19. The van der Waals surface area contributed by atoms with E-state index in [-0.39, 0.29) is 5.91 Å². The fraction of sp³-hybridized carbons (Fsp3) is 0.429. The second kappa shape index (κ2) is 7.52. The topological polar surface area (TPSA) is 52.7 Å². The van der Waals surface area contributed by atoms with Crippen LogP contribution < -0.4 is 5.32 Å². The average molecular weight is 330 g/mol. The SMILES string of the molecule is O=CN1CCN(C(=O)CCNc2c(Cl)cccc2Cl)CC1. The summed E-state index contributed by atoms with van der Waals surface area (Å²) in [4.78, 5) is 26.1. The fourth-order valence-electron chi connectivity index (χ4n) is 2.20. The van der Waals surface area contributed by atoms with Crippen LogP contribution in [0.15, 0.2) is 18.2 Å². The Morgan fingerprint density at radius 3 is 2.38 bits per heavy atom. The lowest BCUT2D eigenvalue weighted by Gasteiger charge is -2.32. The number of rotatable bonds is 5. The number of nitrogens with zero attached hydrogens (tertiary/aromatic N) is 2. The van der Waals surface area contributed by atoms with Gasteiger partial charge in [-0.1, -0.05) is 29.3 Å². The van der Waals surface area contributed by atoms with Gasteiger partial charge in [0.2, 0.25) is 12.3 Å². The molecule has 21 heavy (non-hydrogen) atoms. The van der Waals surface area contributed by atoms with Crippen molar-refractivity contribution < 1.29 is 9.59 Å². The molecule has 0 aliphatic carbocycles. The van der Waals surface area contributed by atoms with Crippen LogP contribution in [0.5, 0.6) is 0 Å². The summed E-state index contributed by atoms with van der Waals surface area (Å²) >= 11 is 12.1. The van der Waals surface area contributed by atoms with Crippen LogP contribution in [-0.2, 0) is 9.59 Å². The number of halogens is 2. The molecular weight excluding hydrogens is 313 g/mol. The Labute approximate surface area is 133 Å². The van der Waals surface area contributed by atoms with E-state index in [0.717, 1.165) is 6.41 Å². The van der Waals surface area contributed by atoms with E-state index < -0.39 is 0 Å². The van der Waals surface area contributed by atoms with E-state index in [1.165, 1.54) is 0 Å². The monoisotopic (exact) mass is 329 g/mol. The molecule has 0 saturated carbocycles. The number of carbonyl (C=O) groups is 2. The highest BCUT2D eigenvalue weighted by atomic mass is 35.5. The summed E-state index contributed by atoms with van der Waals surface area (Å²) in [5.41, 5.74) is 0.652. The highest BCUT2D eigenvalue weighted by Gasteiger charge is 2.19. The Morgan fingerprint density at radius 1 is 1.19 bits per heavy atom. The van der Waals surface area contributed by atoms with Crippen LogP contribution in [0, 0.1) is 0 Å². The van der Waals surface area contributed by atoms with Crippen molar-refractivity contribution in [2.24, 2.45) is 0 Å². The standard InChI is InChI=1S/C14H17Cl2N3O2/c15-11-2-1-3-12(16)14(11)17-5-4-13(21)19-8-6-18(10-20)7-9-19/h1-3,10,17H,4-9H2.